The van der Waals surface area contributed by atoms with Gasteiger partial charge in [-0.05, 0) is 37.1 Å². The minimum Gasteiger partial charge on any atom is -0.494 e. The Morgan fingerprint density at radius 2 is 1.78 bits per heavy atom. The molecular formula is C22H19N3O2. The van der Waals surface area contributed by atoms with E-state index >= 15 is 0 Å². The highest BCUT2D eigenvalue weighted by atomic mass is 16.3. The van der Waals surface area contributed by atoms with Gasteiger partial charge in [0.2, 0.25) is 5.88 Å². The van der Waals surface area contributed by atoms with Gasteiger partial charge in [0.25, 0.3) is 5.56 Å². The zero-order chi connectivity index (χ0) is 19.4. The highest BCUT2D eigenvalue weighted by molar-refractivity contribution is 5.87. The third kappa shape index (κ3) is 3.80. The second kappa shape index (κ2) is 7.71. The van der Waals surface area contributed by atoms with Crippen LogP contribution in [0, 0.1) is 25.2 Å². The summed E-state index contributed by atoms with van der Waals surface area (Å²) in [5.41, 5.74) is 2.97. The smallest absolute Gasteiger partial charge is 0.271 e. The lowest BCUT2D eigenvalue weighted by molar-refractivity contribution is 0.413. The van der Waals surface area contributed by atoms with Crippen molar-refractivity contribution in [2.45, 2.75) is 20.4 Å². The fourth-order valence-corrected chi connectivity index (χ4v) is 2.81. The van der Waals surface area contributed by atoms with Crippen molar-refractivity contribution >= 4 is 11.9 Å². The van der Waals surface area contributed by atoms with Gasteiger partial charge in [0.1, 0.15) is 11.6 Å². The lowest BCUT2D eigenvalue weighted by atomic mass is 10.1. The molecule has 3 aromatic rings. The number of rotatable bonds is 4. The van der Waals surface area contributed by atoms with Crippen molar-refractivity contribution in [3.63, 3.8) is 0 Å². The van der Waals surface area contributed by atoms with Crippen LogP contribution in [-0.4, -0.2) is 15.9 Å². The van der Waals surface area contributed by atoms with Crippen molar-refractivity contribution in [1.29, 1.82) is 5.26 Å². The molecule has 0 aliphatic heterocycles. The third-order valence-electron chi connectivity index (χ3n) is 4.41. The molecule has 0 bridgehead atoms. The number of nitriles is 1. The van der Waals surface area contributed by atoms with Crippen LogP contribution >= 0.6 is 0 Å². The van der Waals surface area contributed by atoms with E-state index in [-0.39, 0.29) is 18.0 Å². The first-order valence-corrected chi connectivity index (χ1v) is 8.52. The fourth-order valence-electron chi connectivity index (χ4n) is 2.81. The molecule has 1 heterocycles. The molecule has 0 fully saturated rings. The van der Waals surface area contributed by atoms with Gasteiger partial charge in [-0.2, -0.15) is 5.26 Å². The lowest BCUT2D eigenvalue weighted by Gasteiger charge is -2.14. The van der Waals surface area contributed by atoms with Gasteiger partial charge >= 0.3 is 0 Å². The predicted octanol–water partition coefficient (Wildman–Crippen LogP) is 3.84. The van der Waals surface area contributed by atoms with Gasteiger partial charge in [0.15, 0.2) is 0 Å². The van der Waals surface area contributed by atoms with E-state index < -0.39 is 5.56 Å². The van der Waals surface area contributed by atoms with Crippen LogP contribution in [0.25, 0.3) is 0 Å². The second-order valence-electron chi connectivity index (χ2n) is 6.32. The molecule has 0 saturated carbocycles. The minimum atomic E-state index is -0.510. The Balaban J connectivity index is 2.10. The van der Waals surface area contributed by atoms with Gasteiger partial charge in [-0.25, -0.2) is 0 Å². The SMILES string of the molecule is Cc1ccc(N=Cc2c(C)c(C#N)c(=O)n(Cc3ccccc3)c2O)cc1. The minimum absolute atomic E-state index is 0.00841. The summed E-state index contributed by atoms with van der Waals surface area (Å²) in [5.74, 6) is -0.198. The van der Waals surface area contributed by atoms with E-state index in [4.69, 9.17) is 0 Å². The molecule has 0 spiro atoms. The second-order valence-corrected chi connectivity index (χ2v) is 6.32. The van der Waals surface area contributed by atoms with Crippen LogP contribution in [0.1, 0.15) is 27.8 Å². The first-order chi connectivity index (χ1) is 13.0. The maximum absolute atomic E-state index is 12.6. The molecule has 27 heavy (non-hydrogen) atoms. The number of hydrogen-bond acceptors (Lipinski definition) is 4. The van der Waals surface area contributed by atoms with E-state index in [9.17, 15) is 15.2 Å². The molecule has 134 valence electrons. The molecule has 0 atom stereocenters. The van der Waals surface area contributed by atoms with E-state index in [1.807, 2.05) is 67.6 Å². The topological polar surface area (TPSA) is 78.4 Å². The van der Waals surface area contributed by atoms with Crippen molar-refractivity contribution in [3.8, 4) is 11.9 Å². The lowest BCUT2D eigenvalue weighted by Crippen LogP contribution is -2.25. The van der Waals surface area contributed by atoms with Crippen molar-refractivity contribution in [3.05, 3.63) is 92.8 Å². The Kier molecular flexibility index (Phi) is 5.18. The number of aromatic hydroxyl groups is 1. The maximum atomic E-state index is 12.6. The Bertz CT molecular complexity index is 1090. The van der Waals surface area contributed by atoms with Crippen LogP contribution in [0.15, 0.2) is 64.4 Å². The quantitative estimate of drug-likeness (QED) is 0.721. The van der Waals surface area contributed by atoms with Gasteiger partial charge < -0.3 is 5.11 Å². The number of nitrogens with zero attached hydrogens (tertiary/aromatic N) is 3. The molecule has 0 aliphatic carbocycles. The van der Waals surface area contributed by atoms with Crippen LogP contribution in [0.2, 0.25) is 0 Å². The first kappa shape index (κ1) is 18.2. The molecular weight excluding hydrogens is 338 g/mol. The Morgan fingerprint density at radius 1 is 1.11 bits per heavy atom. The predicted molar refractivity (Wildman–Crippen MR) is 106 cm³/mol. The van der Waals surface area contributed by atoms with Gasteiger partial charge in [-0.15, -0.1) is 0 Å². The number of benzene rings is 2. The molecule has 3 rings (SSSR count). The number of aryl methyl sites for hydroxylation is 1. The fraction of sp³-hybridized carbons (Fsp3) is 0.136. The average molecular weight is 357 g/mol. The summed E-state index contributed by atoms with van der Waals surface area (Å²) in [4.78, 5) is 17.0. The molecule has 1 aromatic heterocycles. The molecule has 0 radical (unpaired) electrons. The molecule has 0 amide bonds. The summed E-state index contributed by atoms with van der Waals surface area (Å²) in [5, 5.41) is 20.1. The van der Waals surface area contributed by atoms with E-state index in [0.717, 1.165) is 16.8 Å². The number of aromatic nitrogens is 1. The Labute approximate surface area is 157 Å². The summed E-state index contributed by atoms with van der Waals surface area (Å²) in [6, 6.07) is 18.9. The number of hydrogen-bond donors (Lipinski definition) is 1. The van der Waals surface area contributed by atoms with Crippen molar-refractivity contribution in [1.82, 2.24) is 4.57 Å². The zero-order valence-corrected chi connectivity index (χ0v) is 15.2. The highest BCUT2D eigenvalue weighted by Crippen LogP contribution is 2.22. The zero-order valence-electron chi connectivity index (χ0n) is 15.2. The largest absolute Gasteiger partial charge is 0.494 e. The summed E-state index contributed by atoms with van der Waals surface area (Å²) in [7, 11) is 0. The monoisotopic (exact) mass is 357 g/mol. The van der Waals surface area contributed by atoms with E-state index in [1.165, 1.54) is 10.8 Å². The molecule has 0 saturated heterocycles. The van der Waals surface area contributed by atoms with Crippen molar-refractivity contribution in [2.24, 2.45) is 4.99 Å². The molecule has 0 unspecified atom stereocenters. The highest BCUT2D eigenvalue weighted by Gasteiger charge is 2.18. The van der Waals surface area contributed by atoms with Crippen LogP contribution in [-0.2, 0) is 6.54 Å². The van der Waals surface area contributed by atoms with Crippen LogP contribution < -0.4 is 5.56 Å². The number of aliphatic imine (C=N–C) groups is 1. The van der Waals surface area contributed by atoms with Gasteiger partial charge in [0.05, 0.1) is 17.8 Å². The summed E-state index contributed by atoms with van der Waals surface area (Å²) in [6.07, 6.45) is 1.50. The third-order valence-corrected chi connectivity index (χ3v) is 4.41. The van der Waals surface area contributed by atoms with Crippen LogP contribution in [0.3, 0.4) is 0 Å². The summed E-state index contributed by atoms with van der Waals surface area (Å²) < 4.78 is 1.21. The van der Waals surface area contributed by atoms with Gasteiger partial charge in [-0.3, -0.25) is 14.4 Å². The van der Waals surface area contributed by atoms with Crippen LogP contribution in [0.5, 0.6) is 5.88 Å². The standard InChI is InChI=1S/C22H19N3O2/c1-15-8-10-18(11-9-15)24-13-20-16(2)19(12-23)21(26)25(22(20)27)14-17-6-4-3-5-7-17/h3-11,13,27H,14H2,1-2H3. The van der Waals surface area contributed by atoms with Crippen molar-refractivity contribution < 1.29 is 5.11 Å². The summed E-state index contributed by atoms with van der Waals surface area (Å²) >= 11 is 0. The van der Waals surface area contributed by atoms with Gasteiger partial charge in [0, 0.05) is 6.21 Å². The first-order valence-electron chi connectivity index (χ1n) is 8.52. The number of pyridine rings is 1. The van der Waals surface area contributed by atoms with Gasteiger partial charge in [-0.1, -0.05) is 48.0 Å². The van der Waals surface area contributed by atoms with Crippen molar-refractivity contribution in [2.75, 3.05) is 0 Å². The van der Waals surface area contributed by atoms with E-state index in [2.05, 4.69) is 4.99 Å². The Morgan fingerprint density at radius 3 is 2.41 bits per heavy atom. The van der Waals surface area contributed by atoms with E-state index in [0.29, 0.717) is 11.1 Å². The molecule has 1 N–H and O–H groups in total. The molecule has 2 aromatic carbocycles. The molecule has 0 aliphatic rings. The molecule has 5 heteroatoms. The average Bonchev–Trinajstić information content (AvgIpc) is 2.68. The normalized spacial score (nSPS) is 10.9. The van der Waals surface area contributed by atoms with E-state index in [1.54, 1.807) is 6.92 Å². The molecule has 5 nitrogen and oxygen atoms in total. The summed E-state index contributed by atoms with van der Waals surface area (Å²) in [6.45, 7) is 3.80. The Hall–Kier alpha value is -3.65. The maximum Gasteiger partial charge on any atom is 0.271 e. The van der Waals surface area contributed by atoms with Crippen LogP contribution in [0.4, 0.5) is 5.69 Å².